The van der Waals surface area contributed by atoms with Crippen LogP contribution in [0.5, 0.6) is 0 Å². The van der Waals surface area contributed by atoms with Crippen LogP contribution in [0.15, 0.2) is 0 Å². The number of hydrogen-bond acceptors (Lipinski definition) is 2. The molecule has 0 aliphatic carbocycles. The van der Waals surface area contributed by atoms with E-state index in [0.717, 1.165) is 0 Å². The van der Waals surface area contributed by atoms with Crippen LogP contribution in [0.3, 0.4) is 0 Å². The van der Waals surface area contributed by atoms with Gasteiger partial charge in [-0.2, -0.15) is 0 Å². The Kier molecular flexibility index (Phi) is 14.9. The molecule has 0 aromatic rings. The minimum Gasteiger partial charge on any atom is -0.317 e. The summed E-state index contributed by atoms with van der Waals surface area (Å²) in [4.78, 5) is 2.67. The summed E-state index contributed by atoms with van der Waals surface area (Å²) in [5.41, 5.74) is 0. The first-order valence-electron chi connectivity index (χ1n) is 8.28. The lowest BCUT2D eigenvalue weighted by Gasteiger charge is -2.21. The first-order valence-corrected chi connectivity index (χ1v) is 8.28. The fourth-order valence-corrected chi connectivity index (χ4v) is 2.11. The van der Waals surface area contributed by atoms with Gasteiger partial charge < -0.3 is 10.2 Å². The fraction of sp³-hybridized carbons (Fsp3) is 1.00. The second-order valence-electron chi connectivity index (χ2n) is 5.36. The molecule has 0 amide bonds. The van der Waals surface area contributed by atoms with Crippen LogP contribution in [0.2, 0.25) is 0 Å². The van der Waals surface area contributed by atoms with Crippen LogP contribution in [0, 0.1) is 0 Å². The highest BCUT2D eigenvalue weighted by Gasteiger charge is 2.02. The zero-order valence-corrected chi connectivity index (χ0v) is 13.1. The second-order valence-corrected chi connectivity index (χ2v) is 5.36. The molecule has 0 heterocycles. The van der Waals surface area contributed by atoms with E-state index in [1.54, 1.807) is 0 Å². The minimum absolute atomic E-state index is 1.20. The Morgan fingerprint density at radius 2 is 1.11 bits per heavy atom. The molecule has 2 nitrogen and oxygen atoms in total. The standard InChI is InChI=1S/C16H36N2/c1-4-7-12-17-13-10-11-16-18(14-8-5-2)15-9-6-3/h17H,4-16H2,1-3H3. The van der Waals surface area contributed by atoms with Crippen LogP contribution < -0.4 is 5.32 Å². The van der Waals surface area contributed by atoms with E-state index in [1.165, 1.54) is 84.1 Å². The second kappa shape index (κ2) is 15.0. The molecule has 1 N–H and O–H groups in total. The number of nitrogens with zero attached hydrogens (tertiary/aromatic N) is 1. The lowest BCUT2D eigenvalue weighted by atomic mass is 10.2. The number of hydrogen-bond donors (Lipinski definition) is 1. The summed E-state index contributed by atoms with van der Waals surface area (Å²) >= 11 is 0. The molecule has 0 bridgehead atoms. The van der Waals surface area contributed by atoms with Crippen LogP contribution in [0.1, 0.15) is 72.1 Å². The van der Waals surface area contributed by atoms with Crippen molar-refractivity contribution in [2.24, 2.45) is 0 Å². The Labute approximate surface area is 116 Å². The highest BCUT2D eigenvalue weighted by atomic mass is 15.1. The molecule has 0 unspecified atom stereocenters. The van der Waals surface area contributed by atoms with Crippen LogP contribution in [0.25, 0.3) is 0 Å². The zero-order chi connectivity index (χ0) is 13.5. The number of rotatable bonds is 14. The molecule has 0 rings (SSSR count). The summed E-state index contributed by atoms with van der Waals surface area (Å²) in [5.74, 6) is 0. The maximum absolute atomic E-state index is 3.53. The van der Waals surface area contributed by atoms with E-state index in [1.807, 2.05) is 0 Å². The molecule has 0 spiro atoms. The topological polar surface area (TPSA) is 15.3 Å². The highest BCUT2D eigenvalue weighted by molar-refractivity contribution is 4.59. The average Bonchev–Trinajstić information content (AvgIpc) is 2.40. The van der Waals surface area contributed by atoms with Gasteiger partial charge in [0.05, 0.1) is 0 Å². The molecule has 0 saturated heterocycles. The molecule has 0 fully saturated rings. The summed E-state index contributed by atoms with van der Waals surface area (Å²) in [7, 11) is 0. The SMILES string of the molecule is CCCCNCCCCN(CCCC)CCCC. The summed E-state index contributed by atoms with van der Waals surface area (Å²) in [5, 5.41) is 3.53. The van der Waals surface area contributed by atoms with E-state index in [-0.39, 0.29) is 0 Å². The molecule has 0 aromatic carbocycles. The Balaban J connectivity index is 3.43. The van der Waals surface area contributed by atoms with E-state index >= 15 is 0 Å². The Hall–Kier alpha value is -0.0800. The first-order chi connectivity index (χ1) is 8.85. The van der Waals surface area contributed by atoms with Crippen LogP contribution >= 0.6 is 0 Å². The van der Waals surface area contributed by atoms with Gasteiger partial charge in [-0.25, -0.2) is 0 Å². The van der Waals surface area contributed by atoms with Crippen molar-refractivity contribution in [1.82, 2.24) is 10.2 Å². The average molecular weight is 256 g/mol. The minimum atomic E-state index is 1.20. The zero-order valence-electron chi connectivity index (χ0n) is 13.1. The van der Waals surface area contributed by atoms with Crippen molar-refractivity contribution in [2.75, 3.05) is 32.7 Å². The third-order valence-electron chi connectivity index (χ3n) is 3.44. The molecule has 18 heavy (non-hydrogen) atoms. The maximum Gasteiger partial charge on any atom is -0.00183 e. The highest BCUT2D eigenvalue weighted by Crippen LogP contribution is 2.01. The Bertz CT molecular complexity index is 140. The third kappa shape index (κ3) is 12.4. The molecular formula is C16H36N2. The Morgan fingerprint density at radius 1 is 0.611 bits per heavy atom. The molecule has 0 radical (unpaired) electrons. The normalized spacial score (nSPS) is 11.3. The van der Waals surface area contributed by atoms with Gasteiger partial charge in [-0.1, -0.05) is 40.0 Å². The fourth-order valence-electron chi connectivity index (χ4n) is 2.11. The molecule has 0 atom stereocenters. The van der Waals surface area contributed by atoms with Gasteiger partial charge in [0, 0.05) is 0 Å². The van der Waals surface area contributed by atoms with Gasteiger partial charge in [-0.05, 0) is 64.8 Å². The number of unbranched alkanes of at least 4 members (excludes halogenated alkanes) is 4. The summed E-state index contributed by atoms with van der Waals surface area (Å²) in [6, 6.07) is 0. The largest absolute Gasteiger partial charge is 0.317 e. The van der Waals surface area contributed by atoms with Gasteiger partial charge in [-0.15, -0.1) is 0 Å². The van der Waals surface area contributed by atoms with E-state index in [9.17, 15) is 0 Å². The van der Waals surface area contributed by atoms with Crippen LogP contribution in [0.4, 0.5) is 0 Å². The van der Waals surface area contributed by atoms with E-state index < -0.39 is 0 Å². The molecule has 0 aliphatic rings. The van der Waals surface area contributed by atoms with Gasteiger partial charge in [0.25, 0.3) is 0 Å². The third-order valence-corrected chi connectivity index (χ3v) is 3.44. The van der Waals surface area contributed by atoms with Crippen LogP contribution in [-0.4, -0.2) is 37.6 Å². The molecule has 2 heteroatoms. The van der Waals surface area contributed by atoms with E-state index in [2.05, 4.69) is 31.0 Å². The van der Waals surface area contributed by atoms with Gasteiger partial charge in [0.2, 0.25) is 0 Å². The predicted molar refractivity (Wildman–Crippen MR) is 83.3 cm³/mol. The first kappa shape index (κ1) is 17.9. The van der Waals surface area contributed by atoms with E-state index in [4.69, 9.17) is 0 Å². The van der Waals surface area contributed by atoms with Gasteiger partial charge in [-0.3, -0.25) is 0 Å². The van der Waals surface area contributed by atoms with Crippen molar-refractivity contribution in [1.29, 1.82) is 0 Å². The smallest absolute Gasteiger partial charge is 0.00183 e. The van der Waals surface area contributed by atoms with Crippen LogP contribution in [-0.2, 0) is 0 Å². The van der Waals surface area contributed by atoms with Gasteiger partial charge in [0.1, 0.15) is 0 Å². The van der Waals surface area contributed by atoms with Crippen molar-refractivity contribution in [2.45, 2.75) is 72.1 Å². The number of nitrogens with one attached hydrogen (secondary N) is 1. The molecule has 0 aliphatic heterocycles. The maximum atomic E-state index is 3.53. The lowest BCUT2D eigenvalue weighted by molar-refractivity contribution is 0.259. The van der Waals surface area contributed by atoms with Crippen molar-refractivity contribution in [3.63, 3.8) is 0 Å². The van der Waals surface area contributed by atoms with Gasteiger partial charge in [0.15, 0.2) is 0 Å². The summed E-state index contributed by atoms with van der Waals surface area (Å²) in [6.45, 7) is 13.1. The van der Waals surface area contributed by atoms with E-state index in [0.29, 0.717) is 0 Å². The molecular weight excluding hydrogens is 220 g/mol. The molecule has 0 aromatic heterocycles. The quantitative estimate of drug-likeness (QED) is 0.472. The summed E-state index contributed by atoms with van der Waals surface area (Å²) in [6.07, 6.45) is 10.7. The molecule has 0 saturated carbocycles. The van der Waals surface area contributed by atoms with Gasteiger partial charge >= 0.3 is 0 Å². The van der Waals surface area contributed by atoms with Crippen molar-refractivity contribution >= 4 is 0 Å². The van der Waals surface area contributed by atoms with Crippen molar-refractivity contribution < 1.29 is 0 Å². The lowest BCUT2D eigenvalue weighted by Crippen LogP contribution is -2.28. The Morgan fingerprint density at radius 3 is 1.67 bits per heavy atom. The predicted octanol–water partition coefficient (Wildman–Crippen LogP) is 4.06. The van der Waals surface area contributed by atoms with Crippen molar-refractivity contribution in [3.8, 4) is 0 Å². The van der Waals surface area contributed by atoms with Crippen molar-refractivity contribution in [3.05, 3.63) is 0 Å². The monoisotopic (exact) mass is 256 g/mol. The molecule has 110 valence electrons. The summed E-state index contributed by atoms with van der Waals surface area (Å²) < 4.78 is 0.